The highest BCUT2D eigenvalue weighted by atomic mass is 17.1. The number of hydrogen-bond acceptors (Lipinski definition) is 10. The Morgan fingerprint density at radius 1 is 1.11 bits per heavy atom. The van der Waals surface area contributed by atoms with Crippen molar-refractivity contribution in [1.29, 1.82) is 0 Å². The van der Waals surface area contributed by atoms with Crippen molar-refractivity contribution < 1.29 is 39.1 Å². The van der Waals surface area contributed by atoms with Crippen LogP contribution in [-0.2, 0) is 35.1 Å². The highest BCUT2D eigenvalue weighted by Crippen LogP contribution is 2.40. The number of benzene rings is 1. The average Bonchev–Trinajstić information content (AvgIpc) is 3.30. The number of nitrogens with zero attached hydrogens (tertiary/aromatic N) is 2. The zero-order chi connectivity index (χ0) is 27.5. The maximum atomic E-state index is 13.8. The average molecular weight is 536 g/mol. The number of likely N-dealkylation sites (tertiary alicyclic amines) is 1. The number of rotatable bonds is 14. The van der Waals surface area contributed by atoms with E-state index in [9.17, 15) is 14.4 Å². The van der Waals surface area contributed by atoms with Crippen LogP contribution in [0.25, 0.3) is 0 Å². The molecule has 3 N–H and O–H groups in total. The van der Waals surface area contributed by atoms with Gasteiger partial charge in [-0.05, 0) is 57.4 Å². The van der Waals surface area contributed by atoms with Gasteiger partial charge in [-0.25, -0.2) is 4.79 Å². The van der Waals surface area contributed by atoms with Gasteiger partial charge in [0, 0.05) is 12.5 Å². The summed E-state index contributed by atoms with van der Waals surface area (Å²) < 4.78 is 10.7. The maximum Gasteiger partial charge on any atom is 0.328 e. The molecule has 0 radical (unpaired) electrons. The number of ether oxygens (including phenoxy) is 2. The second kappa shape index (κ2) is 15.1. The molecule has 1 aliphatic carbocycles. The van der Waals surface area contributed by atoms with Crippen LogP contribution in [0.15, 0.2) is 30.3 Å². The normalized spacial score (nSPS) is 22.6. The fraction of sp³-hybridized carbons (Fsp3) is 0.667. The maximum absolute atomic E-state index is 13.8. The topological polar surface area (TPSA) is 138 Å². The van der Waals surface area contributed by atoms with Gasteiger partial charge in [-0.15, -0.1) is 0 Å². The number of aryl methyl sites for hydroxylation is 1. The molecule has 0 spiro atoms. The Balaban J connectivity index is 1.66. The molecule has 1 saturated carbocycles. The molecule has 1 saturated heterocycles. The lowest BCUT2D eigenvalue weighted by molar-refractivity contribution is -0.492. The molecule has 0 bridgehead atoms. The summed E-state index contributed by atoms with van der Waals surface area (Å²) in [4.78, 5) is 45.7. The van der Waals surface area contributed by atoms with Crippen molar-refractivity contribution in [2.75, 3.05) is 19.8 Å². The number of carbonyl (C=O) groups is 3. The molecule has 38 heavy (non-hydrogen) atoms. The second-order valence-electron chi connectivity index (χ2n) is 9.93. The Bertz CT molecular complexity index is 900. The van der Waals surface area contributed by atoms with E-state index in [0.29, 0.717) is 19.3 Å². The molecule has 1 aromatic carbocycles. The molecular weight excluding hydrogens is 494 g/mol. The molecule has 11 heteroatoms. The monoisotopic (exact) mass is 535 g/mol. The van der Waals surface area contributed by atoms with Gasteiger partial charge < -0.3 is 14.4 Å². The van der Waals surface area contributed by atoms with Crippen molar-refractivity contribution in [1.82, 2.24) is 15.6 Å². The Morgan fingerprint density at radius 2 is 1.84 bits per heavy atom. The highest BCUT2D eigenvalue weighted by Gasteiger charge is 2.49. The van der Waals surface area contributed by atoms with Crippen molar-refractivity contribution >= 4 is 17.8 Å². The number of hydrogen-bond donors (Lipinski definition) is 3. The summed E-state index contributed by atoms with van der Waals surface area (Å²) in [5.74, 6) is -0.870. The minimum absolute atomic E-state index is 0.0265. The fourth-order valence-corrected chi connectivity index (χ4v) is 5.53. The summed E-state index contributed by atoms with van der Waals surface area (Å²) in [6, 6.07) is 7.72. The molecule has 1 heterocycles. The van der Waals surface area contributed by atoms with Crippen molar-refractivity contribution in [3.63, 3.8) is 0 Å². The van der Waals surface area contributed by atoms with Crippen molar-refractivity contribution in [2.24, 2.45) is 5.92 Å². The number of fused-ring (bicyclic) bond motifs is 1. The Kier molecular flexibility index (Phi) is 11.9. The van der Waals surface area contributed by atoms with Gasteiger partial charge >= 0.3 is 11.9 Å². The van der Waals surface area contributed by atoms with Gasteiger partial charge in [-0.1, -0.05) is 43.2 Å². The summed E-state index contributed by atoms with van der Waals surface area (Å²) in [5, 5.41) is 20.0. The van der Waals surface area contributed by atoms with Crippen LogP contribution in [0, 0.1) is 5.92 Å². The van der Waals surface area contributed by atoms with Crippen LogP contribution < -0.4 is 5.32 Å². The van der Waals surface area contributed by atoms with Gasteiger partial charge in [0.15, 0.2) is 0 Å². The smallest absolute Gasteiger partial charge is 0.328 e. The third-order valence-electron chi connectivity index (χ3n) is 7.31. The first-order chi connectivity index (χ1) is 18.3. The third-order valence-corrected chi connectivity index (χ3v) is 7.31. The van der Waals surface area contributed by atoms with E-state index in [1.54, 1.807) is 18.7 Å². The van der Waals surface area contributed by atoms with Crippen LogP contribution >= 0.6 is 0 Å². The summed E-state index contributed by atoms with van der Waals surface area (Å²) in [5.41, 5.74) is 1.09. The van der Waals surface area contributed by atoms with E-state index in [4.69, 9.17) is 19.9 Å². The standard InChI is InChI=1S/C27H41N3O8/c1-3-36-26(32)22(15-14-20-10-5-4-6-11-20)28-19(2)25(31)29-23-13-8-7-12-21(23)18-24(29)27(33)37-16-9-17-38-30(34)35/h4-6,10-11,19,21-24,28,34-35H,3,7-9,12-18H2,1-2H3. The summed E-state index contributed by atoms with van der Waals surface area (Å²) >= 11 is 0. The van der Waals surface area contributed by atoms with Crippen molar-refractivity contribution in [2.45, 2.75) is 89.4 Å². The lowest BCUT2D eigenvalue weighted by Crippen LogP contribution is -2.56. The Hall–Kier alpha value is -2.57. The van der Waals surface area contributed by atoms with E-state index in [2.05, 4.69) is 10.2 Å². The lowest BCUT2D eigenvalue weighted by Gasteiger charge is -2.35. The zero-order valence-corrected chi connectivity index (χ0v) is 22.3. The summed E-state index contributed by atoms with van der Waals surface area (Å²) in [6.07, 6.45) is 5.78. The number of nitrogens with one attached hydrogen (secondary N) is 1. The lowest BCUT2D eigenvalue weighted by atomic mass is 9.84. The van der Waals surface area contributed by atoms with E-state index >= 15 is 0 Å². The Labute approximate surface area is 223 Å². The first-order valence-electron chi connectivity index (χ1n) is 13.6. The van der Waals surface area contributed by atoms with Crippen LogP contribution in [0.3, 0.4) is 0 Å². The van der Waals surface area contributed by atoms with E-state index in [-0.39, 0.29) is 49.5 Å². The number of esters is 2. The second-order valence-corrected chi connectivity index (χ2v) is 9.93. The first-order valence-corrected chi connectivity index (χ1v) is 13.6. The number of amides is 1. The molecule has 11 nitrogen and oxygen atoms in total. The van der Waals surface area contributed by atoms with Gasteiger partial charge in [0.05, 0.1) is 31.3 Å². The van der Waals surface area contributed by atoms with Crippen molar-refractivity contribution in [3.8, 4) is 0 Å². The van der Waals surface area contributed by atoms with Crippen LogP contribution in [0.2, 0.25) is 0 Å². The zero-order valence-electron chi connectivity index (χ0n) is 22.3. The fourth-order valence-electron chi connectivity index (χ4n) is 5.53. The van der Waals surface area contributed by atoms with Crippen LogP contribution in [0.5, 0.6) is 0 Å². The summed E-state index contributed by atoms with van der Waals surface area (Å²) in [7, 11) is 0. The molecular formula is C27H41N3O8. The predicted octanol–water partition coefficient (Wildman–Crippen LogP) is 2.63. The van der Waals surface area contributed by atoms with E-state index in [1.807, 2.05) is 30.3 Å². The number of carbonyl (C=O) groups excluding carboxylic acids is 3. The Morgan fingerprint density at radius 3 is 2.55 bits per heavy atom. The predicted molar refractivity (Wildman–Crippen MR) is 136 cm³/mol. The van der Waals surface area contributed by atoms with E-state index < -0.39 is 30.1 Å². The van der Waals surface area contributed by atoms with Crippen LogP contribution in [-0.4, -0.2) is 82.5 Å². The molecule has 2 aliphatic rings. The highest BCUT2D eigenvalue weighted by molar-refractivity contribution is 5.89. The SMILES string of the molecule is CCOC(=O)C(CCc1ccccc1)NC(C)C(=O)N1C(C(=O)OCCCON(O)O)CC2CCCCC21. The summed E-state index contributed by atoms with van der Waals surface area (Å²) in [6.45, 7) is 3.70. The molecule has 3 rings (SSSR count). The molecule has 5 unspecified atom stereocenters. The van der Waals surface area contributed by atoms with Crippen LogP contribution in [0.1, 0.15) is 64.4 Å². The minimum atomic E-state index is -0.704. The molecule has 0 aromatic heterocycles. The molecule has 1 aliphatic heterocycles. The van der Waals surface area contributed by atoms with Gasteiger partial charge in [0.1, 0.15) is 12.1 Å². The first kappa shape index (κ1) is 30.0. The molecule has 2 fully saturated rings. The van der Waals surface area contributed by atoms with Gasteiger partial charge in [0.25, 0.3) is 0 Å². The van der Waals surface area contributed by atoms with Crippen LogP contribution in [0.4, 0.5) is 0 Å². The van der Waals surface area contributed by atoms with E-state index in [1.165, 1.54) is 0 Å². The third kappa shape index (κ3) is 8.47. The minimum Gasteiger partial charge on any atom is -0.465 e. The largest absolute Gasteiger partial charge is 0.465 e. The van der Waals surface area contributed by atoms with Crippen molar-refractivity contribution in [3.05, 3.63) is 35.9 Å². The van der Waals surface area contributed by atoms with E-state index in [0.717, 1.165) is 31.2 Å². The quantitative estimate of drug-likeness (QED) is 0.185. The van der Waals surface area contributed by atoms with Gasteiger partial charge in [0.2, 0.25) is 5.91 Å². The molecule has 1 aromatic rings. The molecule has 5 atom stereocenters. The molecule has 1 amide bonds. The van der Waals surface area contributed by atoms with Gasteiger partial charge in [-0.3, -0.25) is 30.2 Å². The van der Waals surface area contributed by atoms with Gasteiger partial charge in [-0.2, -0.15) is 0 Å². The molecule has 212 valence electrons.